The van der Waals surface area contributed by atoms with Crippen molar-refractivity contribution in [2.24, 2.45) is 5.73 Å². The number of carboxylic acid groups (broad SMARTS) is 1. The fourth-order valence-electron chi connectivity index (χ4n) is 2.67. The van der Waals surface area contributed by atoms with Gasteiger partial charge in [-0.2, -0.15) is 0 Å². The van der Waals surface area contributed by atoms with E-state index in [-0.39, 0.29) is 0 Å². The van der Waals surface area contributed by atoms with Gasteiger partial charge in [-0.3, -0.25) is 4.79 Å². The number of carbonyl (C=O) groups is 1. The quantitative estimate of drug-likeness (QED) is 0.599. The van der Waals surface area contributed by atoms with Gasteiger partial charge in [-0.15, -0.1) is 0 Å². The molecular weight excluding hydrogens is 240 g/mol. The molecule has 0 bridgehead atoms. The first-order valence-electron chi connectivity index (χ1n) is 7.88. The molecule has 0 atom stereocenters. The lowest BCUT2D eigenvalue weighted by atomic mass is 10.0. The van der Waals surface area contributed by atoms with Gasteiger partial charge in [0.1, 0.15) is 0 Å². The van der Waals surface area contributed by atoms with Gasteiger partial charge >= 0.3 is 5.97 Å². The first-order chi connectivity index (χ1) is 9.18. The average Bonchev–Trinajstić information content (AvgIpc) is 2.38. The lowest BCUT2D eigenvalue weighted by molar-refractivity contribution is -0.137. The number of hydrogen-bond donors (Lipinski definition) is 2. The monoisotopic (exact) mass is 270 g/mol. The van der Waals surface area contributed by atoms with Crippen molar-refractivity contribution >= 4 is 5.97 Å². The highest BCUT2D eigenvalue weighted by Crippen LogP contribution is 2.12. The Morgan fingerprint density at radius 1 is 1.00 bits per heavy atom. The third kappa shape index (κ3) is 9.00. The summed E-state index contributed by atoms with van der Waals surface area (Å²) in [7, 11) is 0. The van der Waals surface area contributed by atoms with Crippen molar-refractivity contribution in [2.75, 3.05) is 19.6 Å². The Labute approximate surface area is 117 Å². The molecule has 0 radical (unpaired) electrons. The van der Waals surface area contributed by atoms with Gasteiger partial charge in [-0.05, 0) is 45.3 Å². The Morgan fingerprint density at radius 2 is 1.53 bits per heavy atom. The fourth-order valence-corrected chi connectivity index (χ4v) is 2.67. The molecule has 1 heterocycles. The minimum atomic E-state index is -0.666. The molecule has 19 heavy (non-hydrogen) atoms. The van der Waals surface area contributed by atoms with Crippen molar-refractivity contribution in [1.82, 2.24) is 4.90 Å². The molecule has 0 amide bonds. The normalized spacial score (nSPS) is 17.7. The zero-order valence-electron chi connectivity index (χ0n) is 12.1. The Bertz CT molecular complexity index is 238. The van der Waals surface area contributed by atoms with E-state index in [4.69, 9.17) is 10.8 Å². The lowest BCUT2D eigenvalue weighted by Crippen LogP contribution is -2.39. The van der Waals surface area contributed by atoms with Crippen LogP contribution in [0.4, 0.5) is 0 Å². The predicted octanol–water partition coefficient (Wildman–Crippen LogP) is 2.61. The topological polar surface area (TPSA) is 66.6 Å². The van der Waals surface area contributed by atoms with E-state index in [2.05, 4.69) is 4.90 Å². The van der Waals surface area contributed by atoms with Gasteiger partial charge in [0.05, 0.1) is 0 Å². The van der Waals surface area contributed by atoms with E-state index in [1.54, 1.807) is 0 Å². The summed E-state index contributed by atoms with van der Waals surface area (Å²) < 4.78 is 0. The first-order valence-corrected chi connectivity index (χ1v) is 7.88. The van der Waals surface area contributed by atoms with Gasteiger partial charge in [0.25, 0.3) is 0 Å². The van der Waals surface area contributed by atoms with Gasteiger partial charge < -0.3 is 15.7 Å². The molecule has 1 aliphatic rings. The Kier molecular flexibility index (Phi) is 8.84. The van der Waals surface area contributed by atoms with Crippen LogP contribution in [0.3, 0.4) is 0 Å². The number of likely N-dealkylation sites (tertiary alicyclic amines) is 1. The number of unbranched alkanes of at least 4 members (excludes halogenated alkanes) is 6. The number of piperidine rings is 1. The molecule has 0 unspecified atom stereocenters. The van der Waals surface area contributed by atoms with Crippen LogP contribution >= 0.6 is 0 Å². The summed E-state index contributed by atoms with van der Waals surface area (Å²) in [5.74, 6) is -0.666. The molecule has 0 aromatic rings. The first kappa shape index (κ1) is 16.4. The van der Waals surface area contributed by atoms with Crippen molar-refractivity contribution in [3.63, 3.8) is 0 Å². The zero-order chi connectivity index (χ0) is 13.9. The molecule has 1 rings (SSSR count). The van der Waals surface area contributed by atoms with Crippen LogP contribution in [-0.4, -0.2) is 41.7 Å². The largest absolute Gasteiger partial charge is 0.481 e. The summed E-state index contributed by atoms with van der Waals surface area (Å²) in [6, 6.07) is 0.432. The van der Waals surface area contributed by atoms with Gasteiger partial charge in [-0.25, -0.2) is 0 Å². The van der Waals surface area contributed by atoms with Gasteiger partial charge in [0, 0.05) is 12.5 Å². The van der Waals surface area contributed by atoms with Crippen LogP contribution in [0.25, 0.3) is 0 Å². The summed E-state index contributed by atoms with van der Waals surface area (Å²) in [5.41, 5.74) is 5.89. The maximum Gasteiger partial charge on any atom is 0.303 e. The van der Waals surface area contributed by atoms with Gasteiger partial charge in [-0.1, -0.05) is 32.1 Å². The molecule has 3 N–H and O–H groups in total. The molecule has 1 fully saturated rings. The lowest BCUT2D eigenvalue weighted by Gasteiger charge is -2.29. The molecule has 4 nitrogen and oxygen atoms in total. The number of rotatable bonds is 10. The number of carboxylic acids is 1. The highest BCUT2D eigenvalue weighted by atomic mass is 16.4. The fraction of sp³-hybridized carbons (Fsp3) is 0.933. The molecule has 1 saturated heterocycles. The number of hydrogen-bond acceptors (Lipinski definition) is 3. The smallest absolute Gasteiger partial charge is 0.303 e. The van der Waals surface area contributed by atoms with Crippen LogP contribution in [0.2, 0.25) is 0 Å². The van der Waals surface area contributed by atoms with Crippen molar-refractivity contribution in [2.45, 2.75) is 70.3 Å². The molecule has 0 aliphatic carbocycles. The second kappa shape index (κ2) is 10.2. The zero-order valence-corrected chi connectivity index (χ0v) is 12.1. The minimum absolute atomic E-state index is 0.330. The van der Waals surface area contributed by atoms with Crippen LogP contribution in [0.5, 0.6) is 0 Å². The van der Waals surface area contributed by atoms with Crippen molar-refractivity contribution in [3.05, 3.63) is 0 Å². The van der Waals surface area contributed by atoms with Crippen LogP contribution in [0.15, 0.2) is 0 Å². The van der Waals surface area contributed by atoms with Crippen LogP contribution in [-0.2, 0) is 4.79 Å². The highest BCUT2D eigenvalue weighted by molar-refractivity contribution is 5.66. The predicted molar refractivity (Wildman–Crippen MR) is 78.2 cm³/mol. The summed E-state index contributed by atoms with van der Waals surface area (Å²) in [4.78, 5) is 12.9. The third-order valence-corrected chi connectivity index (χ3v) is 4.00. The van der Waals surface area contributed by atoms with Crippen molar-refractivity contribution in [3.8, 4) is 0 Å². The Hall–Kier alpha value is -0.610. The molecule has 0 aromatic heterocycles. The van der Waals surface area contributed by atoms with E-state index in [1.165, 1.54) is 51.7 Å². The van der Waals surface area contributed by atoms with Crippen LogP contribution in [0, 0.1) is 0 Å². The van der Waals surface area contributed by atoms with Crippen molar-refractivity contribution < 1.29 is 9.90 Å². The van der Waals surface area contributed by atoms with E-state index in [0.717, 1.165) is 25.7 Å². The molecule has 0 spiro atoms. The van der Waals surface area contributed by atoms with E-state index >= 15 is 0 Å². The average molecular weight is 270 g/mol. The molecular formula is C15H30N2O2. The molecule has 112 valence electrons. The molecule has 0 aromatic carbocycles. The summed E-state index contributed by atoms with van der Waals surface area (Å²) in [6.07, 6.45) is 10.9. The summed E-state index contributed by atoms with van der Waals surface area (Å²) in [6.45, 7) is 3.58. The van der Waals surface area contributed by atoms with Crippen LogP contribution in [0.1, 0.15) is 64.2 Å². The summed E-state index contributed by atoms with van der Waals surface area (Å²) in [5, 5.41) is 8.51. The van der Waals surface area contributed by atoms with Gasteiger partial charge in [0.15, 0.2) is 0 Å². The standard InChI is InChI=1S/C15H30N2O2/c16-14-9-12-17(13-10-14)11-7-5-3-1-2-4-6-8-15(18)19/h14H,1-13,16H2,(H,18,19). The third-order valence-electron chi connectivity index (χ3n) is 4.00. The van der Waals surface area contributed by atoms with Crippen LogP contribution < -0.4 is 5.73 Å². The SMILES string of the molecule is NC1CCN(CCCCCCCCCC(=O)O)CC1. The molecule has 1 aliphatic heterocycles. The maximum absolute atomic E-state index is 10.3. The van der Waals surface area contributed by atoms with Gasteiger partial charge in [0.2, 0.25) is 0 Å². The highest BCUT2D eigenvalue weighted by Gasteiger charge is 2.14. The molecule has 4 heteroatoms. The summed E-state index contributed by atoms with van der Waals surface area (Å²) >= 11 is 0. The number of aliphatic carboxylic acids is 1. The van der Waals surface area contributed by atoms with Crippen molar-refractivity contribution in [1.29, 1.82) is 0 Å². The van der Waals surface area contributed by atoms with E-state index < -0.39 is 5.97 Å². The maximum atomic E-state index is 10.3. The minimum Gasteiger partial charge on any atom is -0.481 e. The van der Waals surface area contributed by atoms with E-state index in [0.29, 0.717) is 12.5 Å². The second-order valence-electron chi connectivity index (χ2n) is 5.80. The Balaban J connectivity index is 1.80. The van der Waals surface area contributed by atoms with E-state index in [9.17, 15) is 4.79 Å². The second-order valence-corrected chi connectivity index (χ2v) is 5.80. The molecule has 0 saturated carbocycles. The number of nitrogens with zero attached hydrogens (tertiary/aromatic N) is 1. The Morgan fingerprint density at radius 3 is 2.11 bits per heavy atom. The van der Waals surface area contributed by atoms with E-state index in [1.807, 2.05) is 0 Å². The number of nitrogens with two attached hydrogens (primary N) is 1.